The number of benzene rings is 2. The van der Waals surface area contributed by atoms with Crippen LogP contribution < -0.4 is 10.6 Å². The number of amides is 2. The molecule has 0 fully saturated rings. The Labute approximate surface area is 149 Å². The van der Waals surface area contributed by atoms with Crippen molar-refractivity contribution in [2.24, 2.45) is 0 Å². The van der Waals surface area contributed by atoms with Crippen LogP contribution in [0.3, 0.4) is 0 Å². The fourth-order valence-electron chi connectivity index (χ4n) is 2.53. The third kappa shape index (κ3) is 6.42. The molecule has 2 aromatic carbocycles. The van der Waals surface area contributed by atoms with Gasteiger partial charge in [0.25, 0.3) is 5.91 Å². The number of aryl methyl sites for hydroxylation is 2. The van der Waals surface area contributed by atoms with E-state index < -0.39 is 0 Å². The first-order chi connectivity index (χ1) is 12.1. The van der Waals surface area contributed by atoms with Crippen molar-refractivity contribution >= 4 is 11.8 Å². The fraction of sp³-hybridized carbons (Fsp3) is 0.333. The Morgan fingerprint density at radius 2 is 1.52 bits per heavy atom. The van der Waals surface area contributed by atoms with Crippen LogP contribution >= 0.6 is 0 Å². The minimum Gasteiger partial charge on any atom is -0.352 e. The lowest BCUT2D eigenvalue weighted by atomic mass is 10.1. The summed E-state index contributed by atoms with van der Waals surface area (Å²) >= 11 is 0. The lowest BCUT2D eigenvalue weighted by molar-refractivity contribution is -0.121. The molecule has 0 spiro atoms. The van der Waals surface area contributed by atoms with Crippen LogP contribution in [0, 0.1) is 6.92 Å². The number of carbonyl (C=O) groups excluding carboxylic acids is 2. The van der Waals surface area contributed by atoms with Gasteiger partial charge in [0.15, 0.2) is 0 Å². The molecule has 0 radical (unpaired) electrons. The smallest absolute Gasteiger partial charge is 0.251 e. The zero-order valence-electron chi connectivity index (χ0n) is 15.0. The predicted octanol–water partition coefficient (Wildman–Crippen LogP) is 3.38. The van der Waals surface area contributed by atoms with Gasteiger partial charge in [0.2, 0.25) is 5.91 Å². The molecule has 0 bridgehead atoms. The highest BCUT2D eigenvalue weighted by Gasteiger charge is 2.05. The van der Waals surface area contributed by atoms with Crippen molar-refractivity contribution in [3.05, 3.63) is 70.8 Å². The van der Waals surface area contributed by atoms with Gasteiger partial charge in [-0.05, 0) is 49.9 Å². The van der Waals surface area contributed by atoms with E-state index in [2.05, 4.69) is 41.8 Å². The van der Waals surface area contributed by atoms with Gasteiger partial charge in [0.05, 0.1) is 0 Å². The summed E-state index contributed by atoms with van der Waals surface area (Å²) < 4.78 is 0. The average Bonchev–Trinajstić information content (AvgIpc) is 2.62. The first-order valence-electron chi connectivity index (χ1n) is 8.78. The molecule has 4 heteroatoms. The summed E-state index contributed by atoms with van der Waals surface area (Å²) in [7, 11) is 0. The Morgan fingerprint density at radius 3 is 2.16 bits per heavy atom. The van der Waals surface area contributed by atoms with Crippen LogP contribution in [0.25, 0.3) is 0 Å². The monoisotopic (exact) mass is 338 g/mol. The van der Waals surface area contributed by atoms with E-state index in [-0.39, 0.29) is 11.8 Å². The van der Waals surface area contributed by atoms with Crippen LogP contribution in [0.5, 0.6) is 0 Å². The summed E-state index contributed by atoms with van der Waals surface area (Å²) in [5, 5.41) is 5.69. The summed E-state index contributed by atoms with van der Waals surface area (Å²) in [6, 6.07) is 15.7. The first-order valence-corrected chi connectivity index (χ1v) is 8.78. The number of hydrogen-bond donors (Lipinski definition) is 2. The normalized spacial score (nSPS) is 10.3. The summed E-state index contributed by atoms with van der Waals surface area (Å²) in [5.41, 5.74) is 4.13. The van der Waals surface area contributed by atoms with Crippen molar-refractivity contribution in [1.29, 1.82) is 0 Å². The van der Waals surface area contributed by atoms with E-state index in [0.29, 0.717) is 25.1 Å². The molecule has 2 rings (SSSR count). The molecule has 2 N–H and O–H groups in total. The average molecular weight is 338 g/mol. The third-order valence-electron chi connectivity index (χ3n) is 4.03. The van der Waals surface area contributed by atoms with E-state index in [1.807, 2.05) is 19.1 Å². The maximum Gasteiger partial charge on any atom is 0.251 e. The van der Waals surface area contributed by atoms with E-state index >= 15 is 0 Å². The van der Waals surface area contributed by atoms with Crippen LogP contribution in [0.4, 0.5) is 0 Å². The zero-order valence-corrected chi connectivity index (χ0v) is 15.0. The van der Waals surface area contributed by atoms with Crippen molar-refractivity contribution in [1.82, 2.24) is 10.6 Å². The van der Waals surface area contributed by atoms with Gasteiger partial charge in [-0.1, -0.05) is 42.0 Å². The van der Waals surface area contributed by atoms with E-state index in [9.17, 15) is 9.59 Å². The van der Waals surface area contributed by atoms with Crippen molar-refractivity contribution in [2.45, 2.75) is 39.7 Å². The van der Waals surface area contributed by atoms with Crippen molar-refractivity contribution in [2.75, 3.05) is 6.54 Å². The molecule has 2 amide bonds. The second-order valence-corrected chi connectivity index (χ2v) is 6.17. The fourth-order valence-corrected chi connectivity index (χ4v) is 2.53. The van der Waals surface area contributed by atoms with Gasteiger partial charge in [-0.15, -0.1) is 0 Å². The Bertz CT molecular complexity index is 691. The second-order valence-electron chi connectivity index (χ2n) is 6.17. The van der Waals surface area contributed by atoms with Gasteiger partial charge in [-0.25, -0.2) is 0 Å². The van der Waals surface area contributed by atoms with Crippen LogP contribution in [-0.2, 0) is 17.8 Å². The number of rotatable bonds is 8. The lowest BCUT2D eigenvalue weighted by Gasteiger charge is -2.07. The standard InChI is InChI=1S/C21H26N2O2/c1-3-22-21(25)19-13-11-18(12-14-19)15-23-20(24)6-4-5-17-9-7-16(2)8-10-17/h7-14H,3-6,15H2,1-2H3,(H,22,25)(H,23,24). The van der Waals surface area contributed by atoms with E-state index in [4.69, 9.17) is 0 Å². The molecule has 132 valence electrons. The van der Waals surface area contributed by atoms with Gasteiger partial charge in [0, 0.05) is 25.1 Å². The first kappa shape index (κ1) is 18.7. The van der Waals surface area contributed by atoms with Crippen LogP contribution in [0.15, 0.2) is 48.5 Å². The SMILES string of the molecule is CCNC(=O)c1ccc(CNC(=O)CCCc2ccc(C)cc2)cc1. The molecule has 0 aliphatic rings. The molecule has 0 atom stereocenters. The molecule has 25 heavy (non-hydrogen) atoms. The molecule has 2 aromatic rings. The zero-order chi connectivity index (χ0) is 18.1. The molecule has 4 nitrogen and oxygen atoms in total. The van der Waals surface area contributed by atoms with Gasteiger partial charge in [-0.2, -0.15) is 0 Å². The van der Waals surface area contributed by atoms with Crippen LogP contribution in [0.2, 0.25) is 0 Å². The van der Waals surface area contributed by atoms with E-state index in [1.165, 1.54) is 11.1 Å². The van der Waals surface area contributed by atoms with Gasteiger partial charge >= 0.3 is 0 Å². The second kappa shape index (κ2) is 9.62. The van der Waals surface area contributed by atoms with Gasteiger partial charge < -0.3 is 10.6 Å². The third-order valence-corrected chi connectivity index (χ3v) is 4.03. The topological polar surface area (TPSA) is 58.2 Å². The number of carbonyl (C=O) groups is 2. The molecule has 0 heterocycles. The van der Waals surface area contributed by atoms with Crippen LogP contribution in [0.1, 0.15) is 46.8 Å². The van der Waals surface area contributed by atoms with E-state index in [1.54, 1.807) is 12.1 Å². The maximum atomic E-state index is 11.9. The van der Waals surface area contributed by atoms with Crippen molar-refractivity contribution < 1.29 is 9.59 Å². The maximum absolute atomic E-state index is 11.9. The van der Waals surface area contributed by atoms with Crippen molar-refractivity contribution in [3.63, 3.8) is 0 Å². The molecule has 0 aromatic heterocycles. The molecule has 0 aliphatic carbocycles. The minimum atomic E-state index is -0.0748. The molecule has 0 saturated carbocycles. The summed E-state index contributed by atoms with van der Waals surface area (Å²) in [4.78, 5) is 23.6. The number of hydrogen-bond acceptors (Lipinski definition) is 2. The number of nitrogens with one attached hydrogen (secondary N) is 2. The Kier molecular flexibility index (Phi) is 7.20. The Morgan fingerprint density at radius 1 is 0.880 bits per heavy atom. The van der Waals surface area contributed by atoms with Gasteiger partial charge in [0.1, 0.15) is 0 Å². The van der Waals surface area contributed by atoms with Gasteiger partial charge in [-0.3, -0.25) is 9.59 Å². The summed E-state index contributed by atoms with van der Waals surface area (Å²) in [6.45, 7) is 5.05. The minimum absolute atomic E-state index is 0.0555. The molecular formula is C21H26N2O2. The molecule has 0 aliphatic heterocycles. The Balaban J connectivity index is 1.70. The largest absolute Gasteiger partial charge is 0.352 e. The molecule has 0 saturated heterocycles. The highest BCUT2D eigenvalue weighted by atomic mass is 16.2. The Hall–Kier alpha value is -2.62. The highest BCUT2D eigenvalue weighted by molar-refractivity contribution is 5.94. The predicted molar refractivity (Wildman–Crippen MR) is 100 cm³/mol. The molecular weight excluding hydrogens is 312 g/mol. The lowest BCUT2D eigenvalue weighted by Crippen LogP contribution is -2.23. The van der Waals surface area contributed by atoms with Crippen molar-refractivity contribution in [3.8, 4) is 0 Å². The highest BCUT2D eigenvalue weighted by Crippen LogP contribution is 2.08. The molecule has 0 unspecified atom stereocenters. The van der Waals surface area contributed by atoms with Crippen LogP contribution in [-0.4, -0.2) is 18.4 Å². The van der Waals surface area contributed by atoms with E-state index in [0.717, 1.165) is 18.4 Å². The summed E-state index contributed by atoms with van der Waals surface area (Å²) in [6.07, 6.45) is 2.27. The summed E-state index contributed by atoms with van der Waals surface area (Å²) in [5.74, 6) is -0.0193. The quantitative estimate of drug-likeness (QED) is 0.775.